The first-order chi connectivity index (χ1) is 9.50. The summed E-state index contributed by atoms with van der Waals surface area (Å²) in [5, 5.41) is 4.18. The van der Waals surface area contributed by atoms with Crippen molar-refractivity contribution in [3.05, 3.63) is 52.2 Å². The second-order valence-electron chi connectivity index (χ2n) is 4.73. The van der Waals surface area contributed by atoms with E-state index in [1.54, 1.807) is 23.5 Å². The van der Waals surface area contributed by atoms with Gasteiger partial charge in [-0.1, -0.05) is 12.1 Å². The molecule has 0 spiro atoms. The Morgan fingerprint density at radius 3 is 2.45 bits per heavy atom. The summed E-state index contributed by atoms with van der Waals surface area (Å²) < 4.78 is 22.9. The molecule has 0 radical (unpaired) electrons. The third-order valence-electron chi connectivity index (χ3n) is 3.21. The summed E-state index contributed by atoms with van der Waals surface area (Å²) in [6.07, 6.45) is 3.01. The lowest BCUT2D eigenvalue weighted by Crippen LogP contribution is -2.28. The number of benzene rings is 1. The lowest BCUT2D eigenvalue weighted by molar-refractivity contribution is 0.516. The number of nitrogens with two attached hydrogens (primary N) is 1. The lowest BCUT2D eigenvalue weighted by Gasteiger charge is -2.16. The standard InChI is InChI=1S/C14H18N2O2S2/c1-20(17,18)13-5-3-12(4-6-13)14(16-15)7-2-11-8-9-19-10-11/h3-6,8-10,14,16H,2,7,15H2,1H3. The molecular formula is C14H18N2O2S2. The quantitative estimate of drug-likeness (QED) is 0.634. The van der Waals surface area contributed by atoms with E-state index in [1.165, 1.54) is 11.8 Å². The highest BCUT2D eigenvalue weighted by atomic mass is 32.2. The summed E-state index contributed by atoms with van der Waals surface area (Å²) >= 11 is 1.68. The van der Waals surface area contributed by atoms with Gasteiger partial charge in [-0.15, -0.1) is 0 Å². The van der Waals surface area contributed by atoms with Crippen LogP contribution in [0.15, 0.2) is 46.0 Å². The summed E-state index contributed by atoms with van der Waals surface area (Å²) in [7, 11) is -3.15. The Morgan fingerprint density at radius 2 is 1.95 bits per heavy atom. The Balaban J connectivity index is 2.07. The fraction of sp³-hybridized carbons (Fsp3) is 0.286. The van der Waals surface area contributed by atoms with Crippen LogP contribution in [0.1, 0.15) is 23.6 Å². The minimum atomic E-state index is -3.15. The van der Waals surface area contributed by atoms with E-state index in [9.17, 15) is 8.42 Å². The second kappa shape index (κ2) is 6.49. The molecule has 108 valence electrons. The Morgan fingerprint density at radius 1 is 1.25 bits per heavy atom. The molecule has 1 atom stereocenters. The van der Waals surface area contributed by atoms with Crippen LogP contribution in [-0.4, -0.2) is 14.7 Å². The maximum atomic E-state index is 11.4. The number of hydrogen-bond donors (Lipinski definition) is 2. The molecule has 20 heavy (non-hydrogen) atoms. The van der Waals surface area contributed by atoms with Gasteiger partial charge in [0.25, 0.3) is 0 Å². The molecule has 0 bridgehead atoms. The summed E-state index contributed by atoms with van der Waals surface area (Å²) in [4.78, 5) is 0.329. The van der Waals surface area contributed by atoms with Gasteiger partial charge in [-0.3, -0.25) is 11.3 Å². The number of thiophene rings is 1. The van der Waals surface area contributed by atoms with Crippen molar-refractivity contribution in [2.45, 2.75) is 23.8 Å². The van der Waals surface area contributed by atoms with Gasteiger partial charge in [-0.25, -0.2) is 8.42 Å². The van der Waals surface area contributed by atoms with E-state index in [-0.39, 0.29) is 6.04 Å². The van der Waals surface area contributed by atoms with Crippen LogP contribution in [-0.2, 0) is 16.3 Å². The molecule has 2 rings (SSSR count). The van der Waals surface area contributed by atoms with Gasteiger partial charge in [0, 0.05) is 12.3 Å². The predicted molar refractivity (Wildman–Crippen MR) is 82.3 cm³/mol. The van der Waals surface area contributed by atoms with Gasteiger partial charge in [0.05, 0.1) is 4.90 Å². The third-order valence-corrected chi connectivity index (χ3v) is 5.07. The zero-order chi connectivity index (χ0) is 14.6. The highest BCUT2D eigenvalue weighted by molar-refractivity contribution is 7.90. The van der Waals surface area contributed by atoms with Gasteiger partial charge >= 0.3 is 0 Å². The second-order valence-corrected chi connectivity index (χ2v) is 7.53. The molecule has 1 aromatic heterocycles. The summed E-state index contributed by atoms with van der Waals surface area (Å²) in [6.45, 7) is 0. The highest BCUT2D eigenvalue weighted by Crippen LogP contribution is 2.21. The van der Waals surface area contributed by atoms with Crippen LogP contribution in [0.2, 0.25) is 0 Å². The van der Waals surface area contributed by atoms with Crippen LogP contribution < -0.4 is 11.3 Å². The van der Waals surface area contributed by atoms with Crippen molar-refractivity contribution in [2.75, 3.05) is 6.26 Å². The summed E-state index contributed by atoms with van der Waals surface area (Å²) in [5.74, 6) is 5.60. The molecule has 0 saturated heterocycles. The molecular weight excluding hydrogens is 292 g/mol. The van der Waals surface area contributed by atoms with Crippen molar-refractivity contribution in [2.24, 2.45) is 5.84 Å². The molecule has 1 aromatic carbocycles. The van der Waals surface area contributed by atoms with Crippen LogP contribution in [0.5, 0.6) is 0 Å². The topological polar surface area (TPSA) is 72.2 Å². The predicted octanol–water partition coefficient (Wildman–Crippen LogP) is 2.29. The number of sulfone groups is 1. The molecule has 1 heterocycles. The zero-order valence-corrected chi connectivity index (χ0v) is 12.9. The van der Waals surface area contributed by atoms with Crippen molar-refractivity contribution in [1.82, 2.24) is 5.43 Å². The molecule has 0 fully saturated rings. The van der Waals surface area contributed by atoms with Crippen LogP contribution >= 0.6 is 11.3 Å². The van der Waals surface area contributed by atoms with Gasteiger partial charge < -0.3 is 0 Å². The fourth-order valence-electron chi connectivity index (χ4n) is 2.04. The molecule has 0 amide bonds. The monoisotopic (exact) mass is 310 g/mol. The van der Waals surface area contributed by atoms with Gasteiger partial charge in [0.15, 0.2) is 9.84 Å². The summed E-state index contributed by atoms with van der Waals surface area (Å²) in [5.41, 5.74) is 5.08. The van der Waals surface area contributed by atoms with E-state index < -0.39 is 9.84 Å². The van der Waals surface area contributed by atoms with Crippen molar-refractivity contribution in [3.8, 4) is 0 Å². The SMILES string of the molecule is CS(=O)(=O)c1ccc(C(CCc2ccsc2)NN)cc1. The van der Waals surface area contributed by atoms with Gasteiger partial charge in [-0.05, 0) is 52.9 Å². The van der Waals surface area contributed by atoms with Crippen molar-refractivity contribution in [1.29, 1.82) is 0 Å². The van der Waals surface area contributed by atoms with Crippen LogP contribution in [0.25, 0.3) is 0 Å². The molecule has 4 nitrogen and oxygen atoms in total. The van der Waals surface area contributed by atoms with E-state index >= 15 is 0 Å². The molecule has 0 aliphatic rings. The Bertz CT molecular complexity index is 634. The van der Waals surface area contributed by atoms with Crippen molar-refractivity contribution < 1.29 is 8.42 Å². The van der Waals surface area contributed by atoms with E-state index in [0.29, 0.717) is 4.90 Å². The first kappa shape index (κ1) is 15.2. The first-order valence-corrected chi connectivity index (χ1v) is 9.11. The van der Waals surface area contributed by atoms with E-state index in [4.69, 9.17) is 5.84 Å². The lowest BCUT2D eigenvalue weighted by atomic mass is 10.0. The number of hydrazine groups is 1. The zero-order valence-electron chi connectivity index (χ0n) is 11.2. The molecule has 1 unspecified atom stereocenters. The fourth-order valence-corrected chi connectivity index (χ4v) is 3.37. The van der Waals surface area contributed by atoms with Gasteiger partial charge in [-0.2, -0.15) is 11.3 Å². The number of hydrogen-bond acceptors (Lipinski definition) is 5. The van der Waals surface area contributed by atoms with Crippen molar-refractivity contribution >= 4 is 21.2 Å². The van der Waals surface area contributed by atoms with Crippen molar-refractivity contribution in [3.63, 3.8) is 0 Å². The smallest absolute Gasteiger partial charge is 0.175 e. The normalized spacial score (nSPS) is 13.3. The Hall–Kier alpha value is -1.21. The number of rotatable bonds is 6. The maximum Gasteiger partial charge on any atom is 0.175 e. The number of aryl methyl sites for hydroxylation is 1. The largest absolute Gasteiger partial charge is 0.271 e. The third kappa shape index (κ3) is 3.89. The van der Waals surface area contributed by atoms with E-state index in [2.05, 4.69) is 22.3 Å². The molecule has 0 aliphatic carbocycles. The molecule has 6 heteroatoms. The first-order valence-electron chi connectivity index (χ1n) is 6.28. The highest BCUT2D eigenvalue weighted by Gasteiger charge is 2.12. The maximum absolute atomic E-state index is 11.4. The number of nitrogens with one attached hydrogen (secondary N) is 1. The minimum absolute atomic E-state index is 0.0171. The molecule has 2 aromatic rings. The molecule has 0 aliphatic heterocycles. The minimum Gasteiger partial charge on any atom is -0.271 e. The summed E-state index contributed by atoms with van der Waals surface area (Å²) in [6, 6.07) is 9.00. The van der Waals surface area contributed by atoms with E-state index in [0.717, 1.165) is 18.4 Å². The van der Waals surface area contributed by atoms with Gasteiger partial charge in [0.1, 0.15) is 0 Å². The average molecular weight is 310 g/mol. The van der Waals surface area contributed by atoms with Crippen LogP contribution in [0.4, 0.5) is 0 Å². The van der Waals surface area contributed by atoms with Gasteiger partial charge in [0.2, 0.25) is 0 Å². The van der Waals surface area contributed by atoms with Crippen LogP contribution in [0.3, 0.4) is 0 Å². The Labute approximate surface area is 123 Å². The molecule has 3 N–H and O–H groups in total. The molecule has 0 saturated carbocycles. The van der Waals surface area contributed by atoms with E-state index in [1.807, 2.05) is 12.1 Å². The van der Waals surface area contributed by atoms with Crippen LogP contribution in [0, 0.1) is 0 Å². The average Bonchev–Trinajstić information content (AvgIpc) is 2.92. The Kier molecular flexibility index (Phi) is 4.93.